The maximum atomic E-state index is 12.7. The van der Waals surface area contributed by atoms with Gasteiger partial charge in [-0.2, -0.15) is 5.26 Å². The van der Waals surface area contributed by atoms with Crippen LogP contribution >= 0.6 is 11.3 Å². The third kappa shape index (κ3) is 3.13. The molecule has 128 valence electrons. The molecular weight excluding hydrogens is 341 g/mol. The average Bonchev–Trinajstić information content (AvgIpc) is 3.16. The first kappa shape index (κ1) is 17.1. The number of benzene rings is 1. The van der Waals surface area contributed by atoms with Gasteiger partial charge in [0.1, 0.15) is 22.6 Å². The highest BCUT2D eigenvalue weighted by molar-refractivity contribution is 7.17. The fraction of sp³-hybridized carbons (Fsp3) is 0.278. The van der Waals surface area contributed by atoms with Gasteiger partial charge in [0, 0.05) is 22.7 Å². The second-order valence-corrected chi connectivity index (χ2v) is 6.42. The number of nitrogens with zero attached hydrogens (tertiary/aromatic N) is 3. The van der Waals surface area contributed by atoms with E-state index in [1.54, 1.807) is 24.6 Å². The molecule has 0 saturated carbocycles. The molecule has 0 aliphatic heterocycles. The van der Waals surface area contributed by atoms with Crippen molar-refractivity contribution in [1.82, 2.24) is 9.55 Å². The van der Waals surface area contributed by atoms with E-state index in [1.165, 1.54) is 11.3 Å². The van der Waals surface area contributed by atoms with Crippen LogP contribution in [0.25, 0.3) is 21.5 Å². The molecular formula is C18H16FN3O2S. The SMILES string of the molecule is CCOC(=O)c1sc(-c2ccc3c(c2)c(C#N)cn3CCF)nc1C. The average molecular weight is 357 g/mol. The lowest BCUT2D eigenvalue weighted by atomic mass is 10.1. The lowest BCUT2D eigenvalue weighted by molar-refractivity contribution is 0.0531. The zero-order valence-corrected chi connectivity index (χ0v) is 14.7. The molecule has 2 heterocycles. The first-order valence-corrected chi connectivity index (χ1v) is 8.64. The monoisotopic (exact) mass is 357 g/mol. The van der Waals surface area contributed by atoms with Crippen molar-refractivity contribution in [3.63, 3.8) is 0 Å². The van der Waals surface area contributed by atoms with Crippen molar-refractivity contribution in [3.05, 3.63) is 40.5 Å². The van der Waals surface area contributed by atoms with E-state index in [9.17, 15) is 14.4 Å². The molecule has 0 N–H and O–H groups in total. The molecule has 5 nitrogen and oxygen atoms in total. The summed E-state index contributed by atoms with van der Waals surface area (Å²) in [5, 5.41) is 10.8. The number of carbonyl (C=O) groups is 1. The number of halogens is 1. The van der Waals surface area contributed by atoms with Crippen LogP contribution in [0.5, 0.6) is 0 Å². The number of carbonyl (C=O) groups excluding carboxylic acids is 1. The first-order chi connectivity index (χ1) is 12.1. The van der Waals surface area contributed by atoms with Crippen molar-refractivity contribution >= 4 is 28.2 Å². The number of alkyl halides is 1. The Morgan fingerprint density at radius 2 is 2.28 bits per heavy atom. The van der Waals surface area contributed by atoms with Gasteiger partial charge in [0.15, 0.2) is 0 Å². The van der Waals surface area contributed by atoms with Crippen LogP contribution < -0.4 is 0 Å². The summed E-state index contributed by atoms with van der Waals surface area (Å²) in [7, 11) is 0. The number of hydrogen-bond donors (Lipinski definition) is 0. The van der Waals surface area contributed by atoms with Crippen LogP contribution in [0.2, 0.25) is 0 Å². The number of aromatic nitrogens is 2. The highest BCUT2D eigenvalue weighted by Crippen LogP contribution is 2.32. The van der Waals surface area contributed by atoms with Gasteiger partial charge in [-0.3, -0.25) is 0 Å². The standard InChI is InChI=1S/C18H16FN3O2S/c1-3-24-18(23)16-11(2)21-17(25-16)12-4-5-15-14(8-12)13(9-20)10-22(15)7-6-19/h4-5,8,10H,3,6-7H2,1-2H3. The molecule has 0 amide bonds. The largest absolute Gasteiger partial charge is 0.462 e. The molecule has 0 bridgehead atoms. The fourth-order valence-corrected chi connectivity index (χ4v) is 3.66. The predicted octanol–water partition coefficient (Wildman–Crippen LogP) is 4.09. The van der Waals surface area contributed by atoms with E-state index in [0.29, 0.717) is 27.7 Å². The Kier molecular flexibility index (Phi) is 4.81. The predicted molar refractivity (Wildman–Crippen MR) is 94.4 cm³/mol. The molecule has 0 atom stereocenters. The minimum absolute atomic E-state index is 0.209. The summed E-state index contributed by atoms with van der Waals surface area (Å²) < 4.78 is 19.5. The van der Waals surface area contributed by atoms with Gasteiger partial charge in [-0.05, 0) is 32.0 Å². The molecule has 0 spiro atoms. The van der Waals surface area contributed by atoms with Crippen molar-refractivity contribution in [2.45, 2.75) is 20.4 Å². The van der Waals surface area contributed by atoms with Crippen LogP contribution in [0.4, 0.5) is 4.39 Å². The topological polar surface area (TPSA) is 67.9 Å². The molecule has 0 unspecified atom stereocenters. The van der Waals surface area contributed by atoms with Gasteiger partial charge in [-0.1, -0.05) is 0 Å². The zero-order chi connectivity index (χ0) is 18.0. The van der Waals surface area contributed by atoms with Crippen molar-refractivity contribution < 1.29 is 13.9 Å². The van der Waals surface area contributed by atoms with Gasteiger partial charge in [0.05, 0.1) is 24.4 Å². The Labute approximate surface area is 148 Å². The third-order valence-corrected chi connectivity index (χ3v) is 5.02. The second-order valence-electron chi connectivity index (χ2n) is 5.42. The van der Waals surface area contributed by atoms with Crippen LogP contribution in [0.1, 0.15) is 27.9 Å². The van der Waals surface area contributed by atoms with E-state index < -0.39 is 6.67 Å². The molecule has 3 rings (SSSR count). The lowest BCUT2D eigenvalue weighted by Crippen LogP contribution is -2.03. The van der Waals surface area contributed by atoms with Crippen LogP contribution in [-0.2, 0) is 11.3 Å². The van der Waals surface area contributed by atoms with Gasteiger partial charge in [-0.25, -0.2) is 14.2 Å². The molecule has 2 aromatic heterocycles. The van der Waals surface area contributed by atoms with Gasteiger partial charge in [-0.15, -0.1) is 11.3 Å². The van der Waals surface area contributed by atoms with Crippen LogP contribution in [0.3, 0.4) is 0 Å². The highest BCUT2D eigenvalue weighted by atomic mass is 32.1. The number of hydrogen-bond acceptors (Lipinski definition) is 5. The second kappa shape index (κ2) is 7.03. The Morgan fingerprint density at radius 1 is 1.48 bits per heavy atom. The smallest absolute Gasteiger partial charge is 0.350 e. The quantitative estimate of drug-likeness (QED) is 0.645. The molecule has 0 aliphatic rings. The Morgan fingerprint density at radius 3 is 2.96 bits per heavy atom. The summed E-state index contributed by atoms with van der Waals surface area (Å²) in [6.07, 6.45) is 1.66. The van der Waals surface area contributed by atoms with E-state index in [1.807, 2.05) is 18.2 Å². The van der Waals surface area contributed by atoms with E-state index in [2.05, 4.69) is 11.1 Å². The number of nitriles is 1. The van der Waals surface area contributed by atoms with Gasteiger partial charge in [0.25, 0.3) is 0 Å². The van der Waals surface area contributed by atoms with E-state index in [4.69, 9.17) is 4.74 Å². The fourth-order valence-electron chi connectivity index (χ4n) is 2.70. The van der Waals surface area contributed by atoms with Gasteiger partial charge in [0.2, 0.25) is 0 Å². The molecule has 0 aliphatic carbocycles. The summed E-state index contributed by atoms with van der Waals surface area (Å²) in [4.78, 5) is 16.9. The number of esters is 1. The Hall–Kier alpha value is -2.72. The normalized spacial score (nSPS) is 10.8. The van der Waals surface area contributed by atoms with E-state index in [-0.39, 0.29) is 12.5 Å². The van der Waals surface area contributed by atoms with Crippen molar-refractivity contribution in [2.75, 3.05) is 13.3 Å². The molecule has 25 heavy (non-hydrogen) atoms. The number of rotatable bonds is 5. The van der Waals surface area contributed by atoms with E-state index in [0.717, 1.165) is 16.5 Å². The van der Waals surface area contributed by atoms with Crippen molar-refractivity contribution in [2.24, 2.45) is 0 Å². The van der Waals surface area contributed by atoms with Crippen LogP contribution in [-0.4, -0.2) is 28.8 Å². The Bertz CT molecular complexity index is 984. The van der Waals surface area contributed by atoms with Gasteiger partial charge < -0.3 is 9.30 Å². The van der Waals surface area contributed by atoms with Crippen LogP contribution in [0, 0.1) is 18.3 Å². The number of thiazole rings is 1. The molecule has 7 heteroatoms. The summed E-state index contributed by atoms with van der Waals surface area (Å²) in [5.41, 5.74) is 2.72. The van der Waals surface area contributed by atoms with E-state index >= 15 is 0 Å². The maximum Gasteiger partial charge on any atom is 0.350 e. The third-order valence-electron chi connectivity index (χ3n) is 3.83. The minimum atomic E-state index is -0.495. The number of ether oxygens (including phenoxy) is 1. The zero-order valence-electron chi connectivity index (χ0n) is 13.9. The van der Waals surface area contributed by atoms with Crippen LogP contribution in [0.15, 0.2) is 24.4 Å². The molecule has 3 aromatic rings. The maximum absolute atomic E-state index is 12.7. The van der Waals surface area contributed by atoms with Gasteiger partial charge >= 0.3 is 5.97 Å². The molecule has 0 radical (unpaired) electrons. The summed E-state index contributed by atoms with van der Waals surface area (Å²) in [6, 6.07) is 7.72. The minimum Gasteiger partial charge on any atom is -0.462 e. The molecule has 1 aromatic carbocycles. The van der Waals surface area contributed by atoms with Crippen molar-refractivity contribution in [3.8, 4) is 16.6 Å². The number of fused-ring (bicyclic) bond motifs is 1. The summed E-state index contributed by atoms with van der Waals surface area (Å²) in [6.45, 7) is 3.55. The lowest BCUT2D eigenvalue weighted by Gasteiger charge is -2.02. The molecule has 0 fully saturated rings. The summed E-state index contributed by atoms with van der Waals surface area (Å²) >= 11 is 1.26. The highest BCUT2D eigenvalue weighted by Gasteiger charge is 2.18. The first-order valence-electron chi connectivity index (χ1n) is 7.83. The Balaban J connectivity index is 2.07. The number of aryl methyl sites for hydroxylation is 2. The molecule has 0 saturated heterocycles. The van der Waals surface area contributed by atoms with Crippen molar-refractivity contribution in [1.29, 1.82) is 5.26 Å². The summed E-state index contributed by atoms with van der Waals surface area (Å²) in [5.74, 6) is -0.378.